The zero-order valence-corrected chi connectivity index (χ0v) is 14.4. The van der Waals surface area contributed by atoms with Crippen molar-refractivity contribution in [2.24, 2.45) is 0 Å². The lowest BCUT2D eigenvalue weighted by molar-refractivity contribution is -0.144. The van der Waals surface area contributed by atoms with E-state index >= 15 is 0 Å². The Balaban J connectivity index is 1.91. The SMILES string of the molecule is CC(C)(O)[C@H]1OC(c2ccccc2)(c2ccccc2)[C@@H]2CCCN21. The summed E-state index contributed by atoms with van der Waals surface area (Å²) < 4.78 is 6.73. The van der Waals surface area contributed by atoms with Gasteiger partial charge in [0.05, 0.1) is 5.60 Å². The highest BCUT2D eigenvalue weighted by molar-refractivity contribution is 5.40. The molecule has 2 fully saturated rings. The molecule has 2 aromatic rings. The van der Waals surface area contributed by atoms with Gasteiger partial charge in [0.15, 0.2) is 0 Å². The number of benzene rings is 2. The zero-order chi connectivity index (χ0) is 16.8. The van der Waals surface area contributed by atoms with Gasteiger partial charge in [-0.05, 0) is 37.8 Å². The minimum absolute atomic E-state index is 0.249. The van der Waals surface area contributed by atoms with E-state index in [4.69, 9.17) is 4.74 Å². The Bertz CT molecular complexity index is 653. The quantitative estimate of drug-likeness (QED) is 0.938. The maximum absolute atomic E-state index is 10.7. The molecule has 3 heteroatoms. The second-order valence-electron chi connectivity index (χ2n) is 7.49. The molecule has 0 aliphatic carbocycles. The third-order valence-corrected chi connectivity index (χ3v) is 5.37. The van der Waals surface area contributed by atoms with Crippen LogP contribution in [0.1, 0.15) is 37.8 Å². The van der Waals surface area contributed by atoms with E-state index < -0.39 is 11.2 Å². The maximum Gasteiger partial charge on any atom is 0.141 e. The van der Waals surface area contributed by atoms with Crippen molar-refractivity contribution in [1.29, 1.82) is 0 Å². The van der Waals surface area contributed by atoms with Crippen LogP contribution in [0.25, 0.3) is 0 Å². The summed E-state index contributed by atoms with van der Waals surface area (Å²) in [5.74, 6) is 0. The number of hydrogen-bond acceptors (Lipinski definition) is 3. The molecule has 0 aromatic heterocycles. The van der Waals surface area contributed by atoms with Gasteiger partial charge in [-0.15, -0.1) is 0 Å². The van der Waals surface area contributed by atoms with Gasteiger partial charge in [0.25, 0.3) is 0 Å². The number of hydrogen-bond donors (Lipinski definition) is 1. The Morgan fingerprint density at radius 3 is 2.04 bits per heavy atom. The third kappa shape index (κ3) is 2.31. The summed E-state index contributed by atoms with van der Waals surface area (Å²) in [6.07, 6.45) is 1.92. The summed E-state index contributed by atoms with van der Waals surface area (Å²) >= 11 is 0. The Morgan fingerprint density at radius 2 is 1.54 bits per heavy atom. The molecule has 0 saturated carbocycles. The molecule has 0 unspecified atom stereocenters. The van der Waals surface area contributed by atoms with Crippen LogP contribution in [-0.2, 0) is 10.3 Å². The topological polar surface area (TPSA) is 32.7 Å². The molecule has 2 atom stereocenters. The molecule has 126 valence electrons. The lowest BCUT2D eigenvalue weighted by atomic mass is 9.79. The van der Waals surface area contributed by atoms with Crippen molar-refractivity contribution in [3.8, 4) is 0 Å². The van der Waals surface area contributed by atoms with E-state index in [2.05, 4.69) is 53.4 Å². The van der Waals surface area contributed by atoms with Crippen molar-refractivity contribution < 1.29 is 9.84 Å². The summed E-state index contributed by atoms with van der Waals surface area (Å²) in [6.45, 7) is 4.67. The molecule has 2 aromatic carbocycles. The number of fused-ring (bicyclic) bond motifs is 1. The van der Waals surface area contributed by atoms with Crippen molar-refractivity contribution in [2.75, 3.05) is 6.54 Å². The van der Waals surface area contributed by atoms with Crippen LogP contribution in [0.15, 0.2) is 60.7 Å². The van der Waals surface area contributed by atoms with Gasteiger partial charge in [0.2, 0.25) is 0 Å². The molecule has 4 rings (SSSR count). The number of aliphatic hydroxyl groups is 1. The van der Waals surface area contributed by atoms with Gasteiger partial charge in [-0.25, -0.2) is 0 Å². The maximum atomic E-state index is 10.7. The molecule has 0 bridgehead atoms. The molecule has 24 heavy (non-hydrogen) atoms. The largest absolute Gasteiger partial charge is 0.386 e. The van der Waals surface area contributed by atoms with Crippen LogP contribution < -0.4 is 0 Å². The summed E-state index contributed by atoms with van der Waals surface area (Å²) in [5.41, 5.74) is 0.900. The predicted octanol–water partition coefficient (Wildman–Crippen LogP) is 3.52. The van der Waals surface area contributed by atoms with Gasteiger partial charge in [0.1, 0.15) is 11.8 Å². The number of rotatable bonds is 3. The van der Waals surface area contributed by atoms with Crippen LogP contribution in [0, 0.1) is 0 Å². The molecule has 3 nitrogen and oxygen atoms in total. The Hall–Kier alpha value is -1.68. The highest BCUT2D eigenvalue weighted by Crippen LogP contribution is 2.51. The molecular formula is C21H25NO2. The van der Waals surface area contributed by atoms with Crippen LogP contribution in [-0.4, -0.2) is 34.4 Å². The molecule has 0 spiro atoms. The van der Waals surface area contributed by atoms with Crippen LogP contribution in [0.4, 0.5) is 0 Å². The van der Waals surface area contributed by atoms with E-state index in [9.17, 15) is 5.11 Å². The first kappa shape index (κ1) is 15.8. The molecule has 0 amide bonds. The van der Waals surface area contributed by atoms with Crippen LogP contribution in [0.5, 0.6) is 0 Å². The molecular weight excluding hydrogens is 298 g/mol. The summed E-state index contributed by atoms with van der Waals surface area (Å²) in [6, 6.07) is 21.2. The van der Waals surface area contributed by atoms with Gasteiger partial charge < -0.3 is 9.84 Å². The van der Waals surface area contributed by atoms with Gasteiger partial charge >= 0.3 is 0 Å². The van der Waals surface area contributed by atoms with Crippen molar-refractivity contribution >= 4 is 0 Å². The van der Waals surface area contributed by atoms with E-state index in [0.717, 1.165) is 19.4 Å². The van der Waals surface area contributed by atoms with Crippen molar-refractivity contribution in [3.05, 3.63) is 71.8 Å². The van der Waals surface area contributed by atoms with E-state index in [1.165, 1.54) is 11.1 Å². The Labute approximate surface area is 143 Å². The average Bonchev–Trinajstić information content (AvgIpc) is 3.17. The minimum atomic E-state index is -0.909. The molecule has 2 aliphatic rings. The van der Waals surface area contributed by atoms with Crippen molar-refractivity contribution in [3.63, 3.8) is 0 Å². The highest BCUT2D eigenvalue weighted by Gasteiger charge is 2.59. The minimum Gasteiger partial charge on any atom is -0.386 e. The number of nitrogens with zero attached hydrogens (tertiary/aromatic N) is 1. The fraction of sp³-hybridized carbons (Fsp3) is 0.429. The fourth-order valence-electron chi connectivity index (χ4n) is 4.44. The average molecular weight is 323 g/mol. The lowest BCUT2D eigenvalue weighted by Gasteiger charge is -2.35. The number of ether oxygens (including phenoxy) is 1. The summed E-state index contributed by atoms with van der Waals surface area (Å²) in [4.78, 5) is 2.36. The lowest BCUT2D eigenvalue weighted by Crippen LogP contribution is -2.47. The van der Waals surface area contributed by atoms with Crippen LogP contribution in [0.2, 0.25) is 0 Å². The van der Waals surface area contributed by atoms with Gasteiger partial charge in [0, 0.05) is 12.6 Å². The molecule has 0 radical (unpaired) electrons. The second-order valence-corrected chi connectivity index (χ2v) is 7.49. The third-order valence-electron chi connectivity index (χ3n) is 5.37. The first-order valence-electron chi connectivity index (χ1n) is 8.80. The van der Waals surface area contributed by atoms with Crippen LogP contribution in [0.3, 0.4) is 0 Å². The molecule has 2 aliphatic heterocycles. The summed E-state index contributed by atoms with van der Waals surface area (Å²) in [5, 5.41) is 10.7. The van der Waals surface area contributed by atoms with E-state index in [1.807, 2.05) is 26.0 Å². The van der Waals surface area contributed by atoms with E-state index in [-0.39, 0.29) is 12.3 Å². The monoisotopic (exact) mass is 323 g/mol. The first-order valence-corrected chi connectivity index (χ1v) is 8.80. The molecule has 2 heterocycles. The van der Waals surface area contributed by atoms with E-state index in [1.54, 1.807) is 0 Å². The smallest absolute Gasteiger partial charge is 0.141 e. The Kier molecular flexibility index (Phi) is 3.75. The van der Waals surface area contributed by atoms with E-state index in [0.29, 0.717) is 0 Å². The zero-order valence-electron chi connectivity index (χ0n) is 14.4. The molecule has 2 saturated heterocycles. The second kappa shape index (κ2) is 5.69. The summed E-state index contributed by atoms with van der Waals surface area (Å²) in [7, 11) is 0. The fourth-order valence-corrected chi connectivity index (χ4v) is 4.44. The van der Waals surface area contributed by atoms with Crippen LogP contribution >= 0.6 is 0 Å². The normalized spacial score (nSPS) is 26.5. The highest BCUT2D eigenvalue weighted by atomic mass is 16.6. The van der Waals surface area contributed by atoms with Gasteiger partial charge in [-0.1, -0.05) is 60.7 Å². The van der Waals surface area contributed by atoms with Crippen molar-refractivity contribution in [2.45, 2.75) is 50.2 Å². The predicted molar refractivity (Wildman–Crippen MR) is 94.6 cm³/mol. The van der Waals surface area contributed by atoms with Gasteiger partial charge in [-0.3, -0.25) is 4.90 Å². The standard InChI is InChI=1S/C21H25NO2/c1-20(2,23)19-22-15-9-14-18(22)21(24-19,16-10-5-3-6-11-16)17-12-7-4-8-13-17/h3-8,10-13,18-19,23H,9,14-15H2,1-2H3/t18-,19+/m0/s1. The van der Waals surface area contributed by atoms with Gasteiger partial charge in [-0.2, -0.15) is 0 Å². The van der Waals surface area contributed by atoms with Crippen molar-refractivity contribution in [1.82, 2.24) is 4.90 Å². The Morgan fingerprint density at radius 1 is 1.00 bits per heavy atom. The molecule has 1 N–H and O–H groups in total. The first-order chi connectivity index (χ1) is 11.5.